The van der Waals surface area contributed by atoms with Crippen LogP contribution in [-0.2, 0) is 6.54 Å². The van der Waals surface area contributed by atoms with E-state index in [2.05, 4.69) is 15.2 Å². The molecule has 2 heterocycles. The maximum atomic E-state index is 12.9. The molecule has 0 bridgehead atoms. The van der Waals surface area contributed by atoms with Gasteiger partial charge in [0.2, 0.25) is 0 Å². The van der Waals surface area contributed by atoms with Crippen molar-refractivity contribution in [2.24, 2.45) is 0 Å². The molecule has 0 radical (unpaired) electrons. The van der Waals surface area contributed by atoms with Gasteiger partial charge in [-0.05, 0) is 24.3 Å². The van der Waals surface area contributed by atoms with Gasteiger partial charge in [-0.2, -0.15) is 0 Å². The van der Waals surface area contributed by atoms with Gasteiger partial charge < -0.3 is 14.8 Å². The van der Waals surface area contributed by atoms with Crippen molar-refractivity contribution < 1.29 is 9.18 Å². The van der Waals surface area contributed by atoms with E-state index in [1.807, 2.05) is 17.1 Å². The van der Waals surface area contributed by atoms with Gasteiger partial charge in [-0.15, -0.1) is 0 Å². The van der Waals surface area contributed by atoms with Gasteiger partial charge in [0.25, 0.3) is 0 Å². The zero-order valence-electron chi connectivity index (χ0n) is 12.9. The fourth-order valence-electron chi connectivity index (χ4n) is 2.59. The van der Waals surface area contributed by atoms with Gasteiger partial charge in [0.05, 0.1) is 6.33 Å². The van der Waals surface area contributed by atoms with Gasteiger partial charge in [0.15, 0.2) is 0 Å². The van der Waals surface area contributed by atoms with E-state index in [4.69, 9.17) is 0 Å². The maximum absolute atomic E-state index is 12.9. The number of imidazole rings is 1. The summed E-state index contributed by atoms with van der Waals surface area (Å²) >= 11 is 0. The fourth-order valence-corrected chi connectivity index (χ4v) is 2.59. The van der Waals surface area contributed by atoms with Gasteiger partial charge in [-0.25, -0.2) is 14.2 Å². The summed E-state index contributed by atoms with van der Waals surface area (Å²) in [5.41, 5.74) is 0.610. The second kappa shape index (κ2) is 7.23. The smallest absolute Gasteiger partial charge is 0.321 e. The highest BCUT2D eigenvalue weighted by molar-refractivity contribution is 5.89. The number of carbonyl (C=O) groups is 1. The second-order valence-corrected chi connectivity index (χ2v) is 5.57. The molecule has 1 saturated heterocycles. The molecule has 0 spiro atoms. The lowest BCUT2D eigenvalue weighted by Crippen LogP contribution is -2.50. The number of anilines is 1. The average molecular weight is 317 g/mol. The first-order valence-electron chi connectivity index (χ1n) is 7.70. The summed E-state index contributed by atoms with van der Waals surface area (Å²) in [4.78, 5) is 20.3. The first kappa shape index (κ1) is 15.5. The molecular weight excluding hydrogens is 297 g/mol. The lowest BCUT2D eigenvalue weighted by Gasteiger charge is -2.34. The molecule has 1 N–H and O–H groups in total. The molecule has 0 aliphatic carbocycles. The minimum absolute atomic E-state index is 0.133. The van der Waals surface area contributed by atoms with Crippen LogP contribution in [0.25, 0.3) is 0 Å². The van der Waals surface area contributed by atoms with Gasteiger partial charge in [0, 0.05) is 57.3 Å². The largest absolute Gasteiger partial charge is 0.336 e. The van der Waals surface area contributed by atoms with E-state index in [1.54, 1.807) is 23.2 Å². The summed E-state index contributed by atoms with van der Waals surface area (Å²) in [5.74, 6) is -0.311. The number of amides is 2. The van der Waals surface area contributed by atoms with Crippen molar-refractivity contribution in [1.29, 1.82) is 0 Å². The highest BCUT2D eigenvalue weighted by atomic mass is 19.1. The third-order valence-corrected chi connectivity index (χ3v) is 3.99. The Morgan fingerprint density at radius 1 is 1.13 bits per heavy atom. The quantitative estimate of drug-likeness (QED) is 0.937. The second-order valence-electron chi connectivity index (χ2n) is 5.57. The van der Waals surface area contributed by atoms with Crippen molar-refractivity contribution in [3.8, 4) is 0 Å². The number of aromatic nitrogens is 2. The molecule has 0 unspecified atom stereocenters. The van der Waals surface area contributed by atoms with Gasteiger partial charge in [0.1, 0.15) is 5.82 Å². The molecule has 2 amide bonds. The zero-order chi connectivity index (χ0) is 16.1. The number of hydrogen-bond acceptors (Lipinski definition) is 3. The summed E-state index contributed by atoms with van der Waals surface area (Å²) in [5, 5.41) is 2.80. The number of urea groups is 1. The van der Waals surface area contributed by atoms with Crippen LogP contribution in [0.5, 0.6) is 0 Å². The molecule has 1 fully saturated rings. The number of hydrogen-bond donors (Lipinski definition) is 1. The highest BCUT2D eigenvalue weighted by Crippen LogP contribution is 2.10. The minimum atomic E-state index is -0.311. The van der Waals surface area contributed by atoms with Crippen molar-refractivity contribution in [2.45, 2.75) is 6.54 Å². The van der Waals surface area contributed by atoms with Crippen LogP contribution in [0.1, 0.15) is 0 Å². The number of nitrogens with one attached hydrogen (secondary N) is 1. The molecule has 1 aliphatic heterocycles. The molecule has 6 nitrogen and oxygen atoms in total. The molecule has 1 aromatic heterocycles. The Bertz CT molecular complexity index is 620. The molecule has 1 aromatic carbocycles. The molecule has 2 aromatic rings. The SMILES string of the molecule is O=C(Nc1ccc(F)cc1)N1CCN(CCn2ccnc2)CC1. The highest BCUT2D eigenvalue weighted by Gasteiger charge is 2.20. The molecule has 23 heavy (non-hydrogen) atoms. The summed E-state index contributed by atoms with van der Waals surface area (Å²) in [6.07, 6.45) is 5.54. The van der Waals surface area contributed by atoms with Crippen molar-refractivity contribution in [3.05, 3.63) is 48.8 Å². The summed E-state index contributed by atoms with van der Waals surface area (Å²) in [6.45, 7) is 4.94. The van der Waals surface area contributed by atoms with Gasteiger partial charge in [-0.3, -0.25) is 4.90 Å². The topological polar surface area (TPSA) is 53.4 Å². The summed E-state index contributed by atoms with van der Waals surface area (Å²) in [6, 6.07) is 5.67. The van der Waals surface area contributed by atoms with E-state index < -0.39 is 0 Å². The lowest BCUT2D eigenvalue weighted by molar-refractivity contribution is 0.144. The molecule has 7 heteroatoms. The number of piperazine rings is 1. The average Bonchev–Trinajstić information content (AvgIpc) is 3.09. The van der Waals surface area contributed by atoms with E-state index in [0.717, 1.165) is 26.2 Å². The maximum Gasteiger partial charge on any atom is 0.321 e. The van der Waals surface area contributed by atoms with Crippen LogP contribution >= 0.6 is 0 Å². The Morgan fingerprint density at radius 2 is 1.87 bits per heavy atom. The summed E-state index contributed by atoms with van der Waals surface area (Å²) < 4.78 is 14.9. The van der Waals surface area contributed by atoms with E-state index in [1.165, 1.54) is 12.1 Å². The fraction of sp³-hybridized carbons (Fsp3) is 0.375. The van der Waals surface area contributed by atoms with Crippen LogP contribution in [0.3, 0.4) is 0 Å². The molecule has 0 atom stereocenters. The van der Waals surface area contributed by atoms with Crippen molar-refractivity contribution in [1.82, 2.24) is 19.4 Å². The van der Waals surface area contributed by atoms with Crippen LogP contribution in [0.15, 0.2) is 43.0 Å². The third kappa shape index (κ3) is 4.29. The number of benzene rings is 1. The van der Waals surface area contributed by atoms with Crippen LogP contribution in [0, 0.1) is 5.82 Å². The monoisotopic (exact) mass is 317 g/mol. The molecule has 0 saturated carbocycles. The van der Waals surface area contributed by atoms with Crippen LogP contribution in [-0.4, -0.2) is 58.1 Å². The zero-order valence-corrected chi connectivity index (χ0v) is 12.9. The Kier molecular flexibility index (Phi) is 4.87. The number of halogens is 1. The Balaban J connectivity index is 1.42. The predicted molar refractivity (Wildman–Crippen MR) is 85.7 cm³/mol. The number of nitrogens with zero attached hydrogens (tertiary/aromatic N) is 4. The van der Waals surface area contributed by atoms with Crippen molar-refractivity contribution in [3.63, 3.8) is 0 Å². The number of carbonyl (C=O) groups excluding carboxylic acids is 1. The summed E-state index contributed by atoms with van der Waals surface area (Å²) in [7, 11) is 0. The third-order valence-electron chi connectivity index (χ3n) is 3.99. The first-order valence-corrected chi connectivity index (χ1v) is 7.70. The minimum Gasteiger partial charge on any atom is -0.336 e. The van der Waals surface area contributed by atoms with Crippen molar-refractivity contribution >= 4 is 11.7 Å². The Labute approximate surface area is 134 Å². The van der Waals surface area contributed by atoms with E-state index in [-0.39, 0.29) is 11.8 Å². The first-order chi connectivity index (χ1) is 11.2. The molecule has 1 aliphatic rings. The Hall–Kier alpha value is -2.41. The van der Waals surface area contributed by atoms with E-state index >= 15 is 0 Å². The number of rotatable bonds is 4. The van der Waals surface area contributed by atoms with Crippen LogP contribution < -0.4 is 5.32 Å². The standard InChI is InChI=1S/C16H20FN5O/c17-14-1-3-15(4-2-14)19-16(23)22-11-9-20(10-12-22)7-8-21-6-5-18-13-21/h1-6,13H,7-12H2,(H,19,23). The normalized spacial score (nSPS) is 15.6. The van der Waals surface area contributed by atoms with Crippen LogP contribution in [0.4, 0.5) is 14.9 Å². The molecular formula is C16H20FN5O. The van der Waals surface area contributed by atoms with Crippen molar-refractivity contribution in [2.75, 3.05) is 38.0 Å². The molecule has 3 rings (SSSR count). The van der Waals surface area contributed by atoms with Crippen LogP contribution in [0.2, 0.25) is 0 Å². The Morgan fingerprint density at radius 3 is 2.52 bits per heavy atom. The van der Waals surface area contributed by atoms with E-state index in [0.29, 0.717) is 18.8 Å². The van der Waals surface area contributed by atoms with Gasteiger partial charge >= 0.3 is 6.03 Å². The predicted octanol–water partition coefficient (Wildman–Crippen LogP) is 1.87. The molecule has 122 valence electrons. The lowest BCUT2D eigenvalue weighted by atomic mass is 10.3. The van der Waals surface area contributed by atoms with Gasteiger partial charge in [-0.1, -0.05) is 0 Å². The van der Waals surface area contributed by atoms with E-state index in [9.17, 15) is 9.18 Å².